The summed E-state index contributed by atoms with van der Waals surface area (Å²) in [5.74, 6) is 2.05. The molecule has 0 amide bonds. The van der Waals surface area contributed by atoms with Crippen LogP contribution in [-0.4, -0.2) is 38.1 Å². The maximum absolute atomic E-state index is 3.57. The Morgan fingerprint density at radius 2 is 1.44 bits per heavy atom. The molecule has 16 heavy (non-hydrogen) atoms. The van der Waals surface area contributed by atoms with Crippen LogP contribution in [0, 0.1) is 11.8 Å². The maximum atomic E-state index is 3.57. The van der Waals surface area contributed by atoms with Gasteiger partial charge in [-0.05, 0) is 90.0 Å². The highest BCUT2D eigenvalue weighted by Crippen LogP contribution is 2.31. The molecule has 2 aliphatic heterocycles. The Morgan fingerprint density at radius 1 is 0.812 bits per heavy atom. The summed E-state index contributed by atoms with van der Waals surface area (Å²) in [5, 5.41) is 3.57. The number of nitrogens with zero attached hydrogens (tertiary/aromatic N) is 1. The van der Waals surface area contributed by atoms with Crippen molar-refractivity contribution < 1.29 is 0 Å². The lowest BCUT2D eigenvalue weighted by Gasteiger charge is -2.29. The van der Waals surface area contributed by atoms with E-state index in [2.05, 4.69) is 17.3 Å². The topological polar surface area (TPSA) is 15.3 Å². The summed E-state index contributed by atoms with van der Waals surface area (Å²) in [6.07, 6.45) is 10.1. The van der Waals surface area contributed by atoms with Gasteiger partial charge in [-0.1, -0.05) is 0 Å². The molecule has 2 atom stereocenters. The van der Waals surface area contributed by atoms with Gasteiger partial charge >= 0.3 is 0 Å². The molecule has 0 saturated carbocycles. The fourth-order valence-electron chi connectivity index (χ4n) is 3.49. The molecule has 2 heterocycles. The van der Waals surface area contributed by atoms with Gasteiger partial charge in [-0.3, -0.25) is 0 Å². The highest BCUT2D eigenvalue weighted by molar-refractivity contribution is 4.76. The average Bonchev–Trinajstić information content (AvgIpc) is 2.31. The first kappa shape index (κ1) is 12.4. The lowest BCUT2D eigenvalue weighted by Crippen LogP contribution is -2.27. The molecule has 2 rings (SSSR count). The number of hydrogen-bond donors (Lipinski definition) is 1. The molecule has 1 N–H and O–H groups in total. The second-order valence-corrected chi connectivity index (χ2v) is 5.79. The van der Waals surface area contributed by atoms with Gasteiger partial charge in [-0.25, -0.2) is 0 Å². The highest BCUT2D eigenvalue weighted by atomic mass is 15.1. The molecule has 2 nitrogen and oxygen atoms in total. The van der Waals surface area contributed by atoms with Crippen LogP contribution in [0.2, 0.25) is 0 Å². The molecule has 2 aliphatic rings. The van der Waals surface area contributed by atoms with Gasteiger partial charge in [0.2, 0.25) is 0 Å². The standard InChI is InChI=1S/C14H28N2/c1-16-11-3-6-13-5-2-9-15-10-8-14(13)7-4-12-16/h13-15H,2-12H2,1H3. The van der Waals surface area contributed by atoms with Crippen molar-refractivity contribution >= 4 is 0 Å². The van der Waals surface area contributed by atoms with Crippen molar-refractivity contribution in [3.8, 4) is 0 Å². The quantitative estimate of drug-likeness (QED) is 0.680. The van der Waals surface area contributed by atoms with Crippen molar-refractivity contribution in [1.29, 1.82) is 0 Å². The summed E-state index contributed by atoms with van der Waals surface area (Å²) in [5.41, 5.74) is 0. The molecule has 0 aromatic heterocycles. The van der Waals surface area contributed by atoms with Gasteiger partial charge in [-0.2, -0.15) is 0 Å². The van der Waals surface area contributed by atoms with E-state index in [0.717, 1.165) is 11.8 Å². The van der Waals surface area contributed by atoms with E-state index in [4.69, 9.17) is 0 Å². The van der Waals surface area contributed by atoms with Crippen LogP contribution in [0.1, 0.15) is 44.9 Å². The fourth-order valence-corrected chi connectivity index (χ4v) is 3.49. The summed E-state index contributed by atoms with van der Waals surface area (Å²) in [6.45, 7) is 5.15. The van der Waals surface area contributed by atoms with Gasteiger partial charge < -0.3 is 10.2 Å². The Labute approximate surface area is 101 Å². The molecule has 2 fully saturated rings. The van der Waals surface area contributed by atoms with E-state index < -0.39 is 0 Å². The molecule has 94 valence electrons. The van der Waals surface area contributed by atoms with Crippen molar-refractivity contribution in [1.82, 2.24) is 10.2 Å². The van der Waals surface area contributed by atoms with Gasteiger partial charge in [0, 0.05) is 0 Å². The molecule has 0 aliphatic carbocycles. The van der Waals surface area contributed by atoms with Crippen LogP contribution in [0.4, 0.5) is 0 Å². The van der Waals surface area contributed by atoms with E-state index >= 15 is 0 Å². The zero-order chi connectivity index (χ0) is 11.2. The van der Waals surface area contributed by atoms with Crippen LogP contribution in [-0.2, 0) is 0 Å². The summed E-state index contributed by atoms with van der Waals surface area (Å²) in [6, 6.07) is 0. The first-order valence-corrected chi connectivity index (χ1v) is 7.25. The third kappa shape index (κ3) is 3.74. The number of nitrogens with one attached hydrogen (secondary N) is 1. The minimum absolute atomic E-state index is 1.01. The molecule has 2 unspecified atom stereocenters. The normalized spacial score (nSPS) is 35.1. The lowest BCUT2D eigenvalue weighted by molar-refractivity contribution is 0.239. The first-order chi connectivity index (χ1) is 7.86. The first-order valence-electron chi connectivity index (χ1n) is 7.25. The Kier molecular flexibility index (Phi) is 5.11. The predicted molar refractivity (Wildman–Crippen MR) is 69.7 cm³/mol. The molecule has 2 heteroatoms. The van der Waals surface area contributed by atoms with E-state index in [1.165, 1.54) is 71.1 Å². The zero-order valence-electron chi connectivity index (χ0n) is 10.9. The Hall–Kier alpha value is -0.0800. The molecule has 0 bridgehead atoms. The molecule has 0 radical (unpaired) electrons. The van der Waals surface area contributed by atoms with Crippen molar-refractivity contribution in [3.05, 3.63) is 0 Å². The van der Waals surface area contributed by atoms with E-state index in [9.17, 15) is 0 Å². The molecule has 2 saturated heterocycles. The largest absolute Gasteiger partial charge is 0.317 e. The van der Waals surface area contributed by atoms with E-state index in [1.54, 1.807) is 0 Å². The Morgan fingerprint density at radius 3 is 2.19 bits per heavy atom. The maximum Gasteiger partial charge on any atom is -0.00217 e. The summed E-state index contributed by atoms with van der Waals surface area (Å²) >= 11 is 0. The van der Waals surface area contributed by atoms with E-state index in [1.807, 2.05) is 0 Å². The zero-order valence-corrected chi connectivity index (χ0v) is 10.9. The lowest BCUT2D eigenvalue weighted by atomic mass is 9.79. The summed E-state index contributed by atoms with van der Waals surface area (Å²) in [7, 11) is 2.29. The summed E-state index contributed by atoms with van der Waals surface area (Å²) < 4.78 is 0. The SMILES string of the molecule is CN1CCCC2CCCNCCC2CCC1. The predicted octanol–water partition coefficient (Wildman–Crippen LogP) is 2.50. The second-order valence-electron chi connectivity index (χ2n) is 5.79. The number of fused-ring (bicyclic) bond motifs is 1. The minimum atomic E-state index is 1.01. The van der Waals surface area contributed by atoms with Crippen LogP contribution in [0.3, 0.4) is 0 Å². The summed E-state index contributed by atoms with van der Waals surface area (Å²) in [4.78, 5) is 2.53. The van der Waals surface area contributed by atoms with E-state index in [-0.39, 0.29) is 0 Å². The van der Waals surface area contributed by atoms with Gasteiger partial charge in [-0.15, -0.1) is 0 Å². The van der Waals surface area contributed by atoms with Crippen LogP contribution in [0.15, 0.2) is 0 Å². The molecule has 0 spiro atoms. The second kappa shape index (κ2) is 6.61. The van der Waals surface area contributed by atoms with Crippen molar-refractivity contribution in [2.24, 2.45) is 11.8 Å². The molecular weight excluding hydrogens is 196 g/mol. The number of hydrogen-bond acceptors (Lipinski definition) is 2. The van der Waals surface area contributed by atoms with Gasteiger partial charge in [0.25, 0.3) is 0 Å². The third-order valence-corrected chi connectivity index (χ3v) is 4.52. The van der Waals surface area contributed by atoms with Crippen LogP contribution in [0.5, 0.6) is 0 Å². The van der Waals surface area contributed by atoms with Crippen LogP contribution >= 0.6 is 0 Å². The third-order valence-electron chi connectivity index (χ3n) is 4.52. The van der Waals surface area contributed by atoms with Gasteiger partial charge in [0.15, 0.2) is 0 Å². The van der Waals surface area contributed by atoms with E-state index in [0.29, 0.717) is 0 Å². The smallest absolute Gasteiger partial charge is 0.00217 e. The highest BCUT2D eigenvalue weighted by Gasteiger charge is 2.23. The van der Waals surface area contributed by atoms with Gasteiger partial charge in [0.05, 0.1) is 0 Å². The minimum Gasteiger partial charge on any atom is -0.317 e. The average molecular weight is 224 g/mol. The van der Waals surface area contributed by atoms with Crippen LogP contribution in [0.25, 0.3) is 0 Å². The van der Waals surface area contributed by atoms with Crippen molar-refractivity contribution in [3.63, 3.8) is 0 Å². The Bertz CT molecular complexity index is 173. The molecule has 0 aromatic rings. The number of rotatable bonds is 0. The van der Waals surface area contributed by atoms with Crippen molar-refractivity contribution in [2.75, 3.05) is 33.2 Å². The monoisotopic (exact) mass is 224 g/mol. The fraction of sp³-hybridized carbons (Fsp3) is 1.00. The van der Waals surface area contributed by atoms with Crippen molar-refractivity contribution in [2.45, 2.75) is 44.9 Å². The molecular formula is C14H28N2. The Balaban J connectivity index is 1.91. The van der Waals surface area contributed by atoms with Gasteiger partial charge in [0.1, 0.15) is 0 Å². The molecule has 0 aromatic carbocycles. The van der Waals surface area contributed by atoms with Crippen LogP contribution < -0.4 is 5.32 Å².